The summed E-state index contributed by atoms with van der Waals surface area (Å²) in [5.74, 6) is -0.0218. The summed E-state index contributed by atoms with van der Waals surface area (Å²) in [6.45, 7) is 1.90. The van der Waals surface area contributed by atoms with E-state index in [4.69, 9.17) is 16.7 Å². The van der Waals surface area contributed by atoms with Crippen molar-refractivity contribution >= 4 is 27.4 Å². The lowest BCUT2D eigenvalue weighted by Crippen LogP contribution is -2.13. The molecule has 22 heavy (non-hydrogen) atoms. The van der Waals surface area contributed by atoms with Crippen LogP contribution >= 0.6 is 11.6 Å². The monoisotopic (exact) mass is 337 g/mol. The van der Waals surface area contributed by atoms with Crippen molar-refractivity contribution in [2.75, 3.05) is 0 Å². The predicted molar refractivity (Wildman–Crippen MR) is 86.4 cm³/mol. The van der Waals surface area contributed by atoms with Gasteiger partial charge in [0.15, 0.2) is 0 Å². The van der Waals surface area contributed by atoms with Gasteiger partial charge in [-0.2, -0.15) is 0 Å². The van der Waals surface area contributed by atoms with Crippen LogP contribution in [0, 0.1) is 6.92 Å². The van der Waals surface area contributed by atoms with E-state index >= 15 is 0 Å². The summed E-state index contributed by atoms with van der Waals surface area (Å²) < 4.78 is 22.6. The van der Waals surface area contributed by atoms with Crippen molar-refractivity contribution in [3.63, 3.8) is 0 Å². The van der Waals surface area contributed by atoms with Crippen LogP contribution in [0.25, 0.3) is 0 Å². The van der Waals surface area contributed by atoms with Crippen LogP contribution in [0.4, 0.5) is 0 Å². The Morgan fingerprint density at radius 3 is 2.32 bits per heavy atom. The molecule has 0 amide bonds. The maximum atomic E-state index is 12.1. The second kappa shape index (κ2) is 6.60. The highest BCUT2D eigenvalue weighted by atomic mass is 35.5. The Morgan fingerprint density at radius 2 is 1.73 bits per heavy atom. The minimum absolute atomic E-state index is 0.0104. The standard InChI is InChI=1S/C16H16ClNO3S/c1-11-5-6-13(10-16(11)17)8-14(19)7-12-3-2-4-15(9-12)22(18,20)21/h2-6,9-10H,7-8H2,1H3,(H2,18,20,21). The molecule has 2 N–H and O–H groups in total. The van der Waals surface area contributed by atoms with Crippen LogP contribution in [0.5, 0.6) is 0 Å². The molecule has 116 valence electrons. The lowest BCUT2D eigenvalue weighted by Gasteiger charge is -2.05. The number of rotatable bonds is 5. The molecule has 0 atom stereocenters. The molecule has 0 aromatic heterocycles. The molecular weight excluding hydrogens is 322 g/mol. The topological polar surface area (TPSA) is 77.2 Å². The quantitative estimate of drug-likeness (QED) is 0.911. The Kier molecular flexibility index (Phi) is 5.01. The number of aryl methyl sites for hydroxylation is 1. The first-order valence-corrected chi connectivity index (χ1v) is 8.56. The Morgan fingerprint density at radius 1 is 1.09 bits per heavy atom. The number of primary sulfonamides is 1. The summed E-state index contributed by atoms with van der Waals surface area (Å²) in [7, 11) is -3.76. The van der Waals surface area contributed by atoms with Crippen molar-refractivity contribution in [1.29, 1.82) is 0 Å². The average Bonchev–Trinajstić information content (AvgIpc) is 2.42. The van der Waals surface area contributed by atoms with Crippen molar-refractivity contribution in [3.05, 3.63) is 64.2 Å². The predicted octanol–water partition coefficient (Wildman–Crippen LogP) is 2.65. The van der Waals surface area contributed by atoms with Crippen molar-refractivity contribution in [2.45, 2.75) is 24.7 Å². The molecule has 0 saturated carbocycles. The summed E-state index contributed by atoms with van der Waals surface area (Å²) in [6.07, 6.45) is 0.397. The lowest BCUT2D eigenvalue weighted by molar-refractivity contribution is -0.117. The third-order valence-electron chi connectivity index (χ3n) is 3.27. The van der Waals surface area contributed by atoms with E-state index in [1.807, 2.05) is 19.1 Å². The molecular formula is C16H16ClNO3S. The largest absolute Gasteiger partial charge is 0.299 e. The number of carbonyl (C=O) groups excluding carboxylic acids is 1. The molecule has 0 bridgehead atoms. The highest BCUT2D eigenvalue weighted by molar-refractivity contribution is 7.89. The summed E-state index contributed by atoms with van der Waals surface area (Å²) in [6, 6.07) is 11.6. The van der Waals surface area contributed by atoms with Crippen LogP contribution in [0.2, 0.25) is 5.02 Å². The van der Waals surface area contributed by atoms with Gasteiger partial charge in [0.1, 0.15) is 5.78 Å². The number of ketones is 1. The van der Waals surface area contributed by atoms with E-state index in [1.165, 1.54) is 12.1 Å². The molecule has 6 heteroatoms. The molecule has 2 aromatic carbocycles. The van der Waals surface area contributed by atoms with Crippen LogP contribution in [0.15, 0.2) is 47.4 Å². The summed E-state index contributed by atoms with van der Waals surface area (Å²) in [4.78, 5) is 12.1. The normalized spacial score (nSPS) is 11.4. The lowest BCUT2D eigenvalue weighted by atomic mass is 10.0. The van der Waals surface area contributed by atoms with Crippen molar-refractivity contribution in [3.8, 4) is 0 Å². The minimum Gasteiger partial charge on any atom is -0.299 e. The first-order valence-electron chi connectivity index (χ1n) is 6.64. The smallest absolute Gasteiger partial charge is 0.238 e. The van der Waals surface area contributed by atoms with E-state index in [2.05, 4.69) is 0 Å². The second-order valence-corrected chi connectivity index (χ2v) is 7.14. The molecule has 2 rings (SSSR count). The van der Waals surface area contributed by atoms with Crippen molar-refractivity contribution < 1.29 is 13.2 Å². The fourth-order valence-electron chi connectivity index (χ4n) is 2.10. The van der Waals surface area contributed by atoms with Crippen LogP contribution in [0.3, 0.4) is 0 Å². The molecule has 0 saturated heterocycles. The van der Waals surface area contributed by atoms with Crippen molar-refractivity contribution in [2.24, 2.45) is 5.14 Å². The molecule has 0 fully saturated rings. The molecule has 0 aliphatic heterocycles. The van der Waals surface area contributed by atoms with Crippen LogP contribution in [-0.4, -0.2) is 14.2 Å². The third-order valence-corrected chi connectivity index (χ3v) is 4.58. The highest BCUT2D eigenvalue weighted by Crippen LogP contribution is 2.18. The van der Waals surface area contributed by atoms with E-state index in [0.29, 0.717) is 10.6 Å². The second-order valence-electron chi connectivity index (χ2n) is 5.17. The zero-order chi connectivity index (χ0) is 16.3. The van der Waals surface area contributed by atoms with Gasteiger partial charge < -0.3 is 0 Å². The fourth-order valence-corrected chi connectivity index (χ4v) is 2.88. The Balaban J connectivity index is 2.10. The van der Waals surface area contributed by atoms with E-state index in [1.54, 1.807) is 18.2 Å². The SMILES string of the molecule is Cc1ccc(CC(=O)Cc2cccc(S(N)(=O)=O)c2)cc1Cl. The average molecular weight is 338 g/mol. The number of nitrogens with two attached hydrogens (primary N) is 1. The highest BCUT2D eigenvalue weighted by Gasteiger charge is 2.11. The number of hydrogen-bond acceptors (Lipinski definition) is 3. The molecule has 0 heterocycles. The Bertz CT molecular complexity index is 816. The van der Waals surface area contributed by atoms with Crippen molar-refractivity contribution in [1.82, 2.24) is 0 Å². The van der Waals surface area contributed by atoms with Gasteiger partial charge in [0.25, 0.3) is 0 Å². The van der Waals surface area contributed by atoms with Gasteiger partial charge in [-0.15, -0.1) is 0 Å². The molecule has 0 aliphatic rings. The summed E-state index contributed by atoms with van der Waals surface area (Å²) >= 11 is 6.04. The van der Waals surface area contributed by atoms with Gasteiger partial charge in [-0.25, -0.2) is 13.6 Å². The zero-order valence-electron chi connectivity index (χ0n) is 12.0. The first kappa shape index (κ1) is 16.7. The van der Waals surface area contributed by atoms with E-state index in [9.17, 15) is 13.2 Å². The number of carbonyl (C=O) groups is 1. The molecule has 0 radical (unpaired) electrons. The van der Waals surface area contributed by atoms with E-state index < -0.39 is 10.0 Å². The Labute approximate surface area is 135 Å². The number of halogens is 1. The van der Waals surface area contributed by atoms with Crippen LogP contribution in [-0.2, 0) is 27.7 Å². The number of hydrogen-bond donors (Lipinski definition) is 1. The van der Waals surface area contributed by atoms with E-state index in [0.717, 1.165) is 11.1 Å². The van der Waals surface area contributed by atoms with Gasteiger partial charge >= 0.3 is 0 Å². The number of benzene rings is 2. The molecule has 0 unspecified atom stereocenters. The molecule has 0 spiro atoms. The van der Waals surface area contributed by atoms with Gasteiger partial charge in [-0.05, 0) is 41.8 Å². The summed E-state index contributed by atoms with van der Waals surface area (Å²) in [5, 5.41) is 5.71. The first-order chi connectivity index (χ1) is 10.3. The van der Waals surface area contributed by atoms with Crippen LogP contribution in [0.1, 0.15) is 16.7 Å². The van der Waals surface area contributed by atoms with Gasteiger partial charge in [0, 0.05) is 17.9 Å². The Hall–Kier alpha value is -1.69. The molecule has 4 nitrogen and oxygen atoms in total. The maximum Gasteiger partial charge on any atom is 0.238 e. The fraction of sp³-hybridized carbons (Fsp3) is 0.188. The van der Waals surface area contributed by atoms with E-state index in [-0.39, 0.29) is 23.5 Å². The van der Waals surface area contributed by atoms with Gasteiger partial charge in [0.05, 0.1) is 4.90 Å². The number of Topliss-reactive ketones (excluding diaryl/α,β-unsaturated/α-hetero) is 1. The van der Waals surface area contributed by atoms with Gasteiger partial charge in [-0.1, -0.05) is 35.9 Å². The van der Waals surface area contributed by atoms with Gasteiger partial charge in [-0.3, -0.25) is 4.79 Å². The maximum absolute atomic E-state index is 12.1. The molecule has 0 aliphatic carbocycles. The zero-order valence-corrected chi connectivity index (χ0v) is 13.6. The molecule has 2 aromatic rings. The third kappa shape index (κ3) is 4.40. The number of sulfonamides is 1. The summed E-state index contributed by atoms with van der Waals surface area (Å²) in [5.41, 5.74) is 2.41. The minimum atomic E-state index is -3.76. The van der Waals surface area contributed by atoms with Crippen LogP contribution < -0.4 is 5.14 Å². The van der Waals surface area contributed by atoms with Gasteiger partial charge in [0.2, 0.25) is 10.0 Å².